The number of aryl methyl sites for hydroxylation is 1. The first-order valence-electron chi connectivity index (χ1n) is 13.8. The van der Waals surface area contributed by atoms with Crippen molar-refractivity contribution in [2.45, 2.75) is 90.1 Å². The Hall–Kier alpha value is -3.77. The van der Waals surface area contributed by atoms with E-state index in [9.17, 15) is 24.3 Å². The van der Waals surface area contributed by atoms with Gasteiger partial charge in [-0.2, -0.15) is 0 Å². The highest BCUT2D eigenvalue weighted by Crippen LogP contribution is 2.29. The molecule has 0 saturated heterocycles. The van der Waals surface area contributed by atoms with Crippen LogP contribution in [0.4, 0.5) is 0 Å². The van der Waals surface area contributed by atoms with Crippen molar-refractivity contribution in [3.63, 3.8) is 0 Å². The van der Waals surface area contributed by atoms with Gasteiger partial charge in [0.2, 0.25) is 5.91 Å². The molecule has 1 aromatic heterocycles. The molecule has 224 valence electrons. The molecular formula is C29H41N5O7. The third-order valence-electron chi connectivity index (χ3n) is 6.55. The Labute approximate surface area is 240 Å². The number of nitrogens with one attached hydrogen (secondary N) is 2. The van der Waals surface area contributed by atoms with Gasteiger partial charge in [-0.15, -0.1) is 0 Å². The van der Waals surface area contributed by atoms with E-state index in [2.05, 4.69) is 15.6 Å². The van der Waals surface area contributed by atoms with Crippen LogP contribution in [0.3, 0.4) is 0 Å². The second-order valence-corrected chi connectivity index (χ2v) is 11.4. The molecule has 1 aliphatic carbocycles. The summed E-state index contributed by atoms with van der Waals surface area (Å²) in [7, 11) is 0. The van der Waals surface area contributed by atoms with E-state index in [1.54, 1.807) is 16.8 Å². The summed E-state index contributed by atoms with van der Waals surface area (Å²) in [5, 5.41) is 15.2. The molecule has 1 amide bonds. The number of aliphatic carboxylic acids is 1. The summed E-state index contributed by atoms with van der Waals surface area (Å²) in [6, 6.07) is 3.45. The molecule has 0 radical (unpaired) electrons. The molecule has 0 saturated carbocycles. The first-order valence-corrected chi connectivity index (χ1v) is 13.8. The number of carboxylic acid groups (broad SMARTS) is 1. The minimum absolute atomic E-state index is 0.0299. The maximum atomic E-state index is 12.8. The number of imidazole rings is 1. The smallest absolute Gasteiger partial charge is 0.326 e. The fraction of sp³-hybridized carbons (Fsp3) is 0.552. The lowest BCUT2D eigenvalue weighted by molar-refractivity contribution is -0.150. The van der Waals surface area contributed by atoms with Crippen LogP contribution < -0.4 is 21.1 Å². The summed E-state index contributed by atoms with van der Waals surface area (Å²) >= 11 is 0. The Morgan fingerprint density at radius 1 is 1.22 bits per heavy atom. The van der Waals surface area contributed by atoms with Gasteiger partial charge in [0.15, 0.2) is 5.78 Å². The second-order valence-electron chi connectivity index (χ2n) is 11.4. The number of rotatable bonds is 14. The minimum Gasteiger partial charge on any atom is -0.489 e. The van der Waals surface area contributed by atoms with Gasteiger partial charge in [0, 0.05) is 48.8 Å². The molecule has 0 spiro atoms. The number of nitrogens with two attached hydrogens (primary N) is 1. The van der Waals surface area contributed by atoms with Gasteiger partial charge in [0.1, 0.15) is 24.5 Å². The van der Waals surface area contributed by atoms with E-state index in [4.69, 9.17) is 15.2 Å². The van der Waals surface area contributed by atoms with Gasteiger partial charge in [-0.3, -0.25) is 14.4 Å². The van der Waals surface area contributed by atoms with E-state index in [0.29, 0.717) is 30.0 Å². The van der Waals surface area contributed by atoms with Gasteiger partial charge in [-0.1, -0.05) is 12.1 Å². The molecular weight excluding hydrogens is 530 g/mol. The molecule has 2 aromatic rings. The Morgan fingerprint density at radius 2 is 1.98 bits per heavy atom. The summed E-state index contributed by atoms with van der Waals surface area (Å²) in [5.74, 6) is -1.45. The van der Waals surface area contributed by atoms with Crippen LogP contribution in [-0.2, 0) is 38.5 Å². The highest BCUT2D eigenvalue weighted by molar-refractivity contribution is 5.99. The lowest BCUT2D eigenvalue weighted by atomic mass is 9.90. The summed E-state index contributed by atoms with van der Waals surface area (Å²) < 4.78 is 13.5. The van der Waals surface area contributed by atoms with E-state index in [-0.39, 0.29) is 37.3 Å². The van der Waals surface area contributed by atoms with E-state index < -0.39 is 36.0 Å². The van der Waals surface area contributed by atoms with E-state index in [1.807, 2.05) is 32.9 Å². The lowest BCUT2D eigenvalue weighted by Crippen LogP contribution is -2.48. The summed E-state index contributed by atoms with van der Waals surface area (Å²) in [6.07, 6.45) is 4.66. The molecule has 12 heteroatoms. The first-order chi connectivity index (χ1) is 19.3. The van der Waals surface area contributed by atoms with Crippen LogP contribution >= 0.6 is 0 Å². The van der Waals surface area contributed by atoms with Gasteiger partial charge in [0.05, 0.1) is 24.5 Å². The molecule has 0 fully saturated rings. The van der Waals surface area contributed by atoms with E-state index >= 15 is 0 Å². The molecule has 0 bridgehead atoms. The van der Waals surface area contributed by atoms with Gasteiger partial charge in [-0.25, -0.2) is 9.78 Å². The number of nitrogens with zero attached hydrogens (tertiary/aromatic N) is 2. The zero-order valence-corrected chi connectivity index (χ0v) is 24.1. The number of amides is 1. The fourth-order valence-electron chi connectivity index (χ4n) is 4.33. The molecule has 3 rings (SSSR count). The van der Waals surface area contributed by atoms with Crippen LogP contribution in [0, 0.1) is 0 Å². The number of carbonyl (C=O) groups is 4. The molecule has 41 heavy (non-hydrogen) atoms. The van der Waals surface area contributed by atoms with Crippen molar-refractivity contribution in [2.24, 2.45) is 5.73 Å². The number of hydrogen-bond acceptors (Lipinski definition) is 9. The van der Waals surface area contributed by atoms with Crippen molar-refractivity contribution >= 4 is 23.6 Å². The third-order valence-corrected chi connectivity index (χ3v) is 6.55. The molecule has 5 N–H and O–H groups in total. The normalized spacial score (nSPS) is 15.4. The quantitative estimate of drug-likeness (QED) is 0.244. The van der Waals surface area contributed by atoms with Crippen LogP contribution in [0.1, 0.15) is 68.6 Å². The molecule has 0 aliphatic heterocycles. The Balaban J connectivity index is 1.57. The van der Waals surface area contributed by atoms with Gasteiger partial charge >= 0.3 is 11.9 Å². The number of benzene rings is 1. The minimum atomic E-state index is -1.20. The van der Waals surface area contributed by atoms with Crippen molar-refractivity contribution in [1.29, 1.82) is 0 Å². The van der Waals surface area contributed by atoms with Crippen molar-refractivity contribution < 1.29 is 33.8 Å². The van der Waals surface area contributed by atoms with Crippen molar-refractivity contribution in [3.05, 3.63) is 47.5 Å². The summed E-state index contributed by atoms with van der Waals surface area (Å²) in [5.41, 5.74) is 7.35. The molecule has 2 unspecified atom stereocenters. The zero-order valence-electron chi connectivity index (χ0n) is 24.1. The predicted molar refractivity (Wildman–Crippen MR) is 151 cm³/mol. The molecule has 1 heterocycles. The standard InChI is InChI=1S/C29H41N5O7/c1-18(30)27(37)33-23(28(38)39)13-19-15-34(17-31-19)12-11-26(36)41-20(14-32-29(2,3)4)16-40-25-10-6-7-21-22(25)8-5-9-24(21)35/h6-7,10,15,17-18,20,23,32H,5,8-9,11-14,16,30H2,1-4H3,(H,33,37)(H,38,39)/t18?,20-,23?/m0/s1. The molecule has 12 nitrogen and oxygen atoms in total. The zero-order chi connectivity index (χ0) is 30.2. The number of hydrogen-bond donors (Lipinski definition) is 4. The van der Waals surface area contributed by atoms with Crippen LogP contribution in [-0.4, -0.2) is 75.2 Å². The Kier molecular flexibility index (Phi) is 11.0. The molecule has 3 atom stereocenters. The maximum Gasteiger partial charge on any atom is 0.326 e. The number of carboxylic acids is 1. The van der Waals surface area contributed by atoms with Crippen molar-refractivity contribution in [1.82, 2.24) is 20.2 Å². The Morgan fingerprint density at radius 3 is 2.66 bits per heavy atom. The number of esters is 1. The average Bonchev–Trinajstić information content (AvgIpc) is 3.35. The number of Topliss-reactive ketones (excluding diaryl/α,β-unsaturated/α-hetero) is 1. The van der Waals surface area contributed by atoms with Gasteiger partial charge in [-0.05, 0) is 46.6 Å². The number of ether oxygens (including phenoxy) is 2. The van der Waals surface area contributed by atoms with Crippen LogP contribution in [0.15, 0.2) is 30.7 Å². The third kappa shape index (κ3) is 9.98. The predicted octanol–water partition coefficient (Wildman–Crippen LogP) is 1.63. The van der Waals surface area contributed by atoms with E-state index in [0.717, 1.165) is 18.4 Å². The SMILES string of the molecule is CC(N)C(=O)NC(Cc1cn(CCC(=O)O[C@@H](CNC(C)(C)C)COc2cccc3c2CCCC3=O)cn1)C(=O)O. The van der Waals surface area contributed by atoms with Crippen LogP contribution in [0.2, 0.25) is 0 Å². The van der Waals surface area contributed by atoms with Gasteiger partial charge < -0.3 is 35.5 Å². The monoisotopic (exact) mass is 571 g/mol. The Bertz CT molecular complexity index is 1230. The fourth-order valence-corrected chi connectivity index (χ4v) is 4.33. The highest BCUT2D eigenvalue weighted by atomic mass is 16.6. The van der Waals surface area contributed by atoms with Gasteiger partial charge in [0.25, 0.3) is 0 Å². The van der Waals surface area contributed by atoms with Crippen molar-refractivity contribution in [3.8, 4) is 5.75 Å². The van der Waals surface area contributed by atoms with Crippen molar-refractivity contribution in [2.75, 3.05) is 13.2 Å². The maximum absolute atomic E-state index is 12.8. The highest BCUT2D eigenvalue weighted by Gasteiger charge is 2.24. The molecule has 1 aliphatic rings. The number of aromatic nitrogens is 2. The topological polar surface area (TPSA) is 175 Å². The number of ketones is 1. The lowest BCUT2D eigenvalue weighted by Gasteiger charge is -2.26. The summed E-state index contributed by atoms with van der Waals surface area (Å²) in [6.45, 7) is 8.28. The second kappa shape index (κ2) is 14.2. The van der Waals surface area contributed by atoms with Crippen LogP contribution in [0.25, 0.3) is 0 Å². The summed E-state index contributed by atoms with van der Waals surface area (Å²) in [4.78, 5) is 52.6. The first kappa shape index (κ1) is 31.8. The van der Waals surface area contributed by atoms with Crippen LogP contribution in [0.5, 0.6) is 5.75 Å². The largest absolute Gasteiger partial charge is 0.489 e. The average molecular weight is 572 g/mol. The number of carbonyl (C=O) groups excluding carboxylic acids is 3. The number of fused-ring (bicyclic) bond motifs is 1. The van der Waals surface area contributed by atoms with E-state index in [1.165, 1.54) is 13.3 Å². The molecule has 1 aromatic carbocycles.